The Hall–Kier alpha value is -3.60. The van der Waals surface area contributed by atoms with Crippen LogP contribution in [0.25, 0.3) is 0 Å². The standard InChI is InChI=1S/C37H45NO4/c1-8-13-25-18-26(19-31(42-9-2)35(25)41-7)32-33-27(20-36(3,4)22-29(33)39)38(17-16-24-14-11-10-12-15-24)28-21-37(5,6)23-30(40)34(28)32/h8,10-12,14-15,18-19,32H,1,9,13,16-17,20-23H2,2-7H3. The number of carbonyl (C=O) groups excluding carboxylic acids is 2. The second-order valence-electron chi connectivity index (χ2n) is 13.6. The summed E-state index contributed by atoms with van der Waals surface area (Å²) in [6.45, 7) is 15.9. The normalized spacial score (nSPS) is 19.9. The first-order valence-electron chi connectivity index (χ1n) is 15.3. The van der Waals surface area contributed by atoms with Crippen molar-refractivity contribution < 1.29 is 19.1 Å². The van der Waals surface area contributed by atoms with Crippen LogP contribution in [0.4, 0.5) is 0 Å². The van der Waals surface area contributed by atoms with Crippen LogP contribution in [0.3, 0.4) is 0 Å². The average Bonchev–Trinajstić information content (AvgIpc) is 2.91. The zero-order valence-corrected chi connectivity index (χ0v) is 26.1. The second kappa shape index (κ2) is 11.6. The molecule has 1 aliphatic heterocycles. The minimum Gasteiger partial charge on any atom is -0.493 e. The lowest BCUT2D eigenvalue weighted by Gasteiger charge is -2.49. The van der Waals surface area contributed by atoms with Gasteiger partial charge in [0.25, 0.3) is 0 Å². The van der Waals surface area contributed by atoms with Crippen molar-refractivity contribution in [2.75, 3.05) is 20.3 Å². The third-order valence-corrected chi connectivity index (χ3v) is 8.84. The highest BCUT2D eigenvalue weighted by molar-refractivity contribution is 6.06. The minimum atomic E-state index is -0.427. The molecule has 42 heavy (non-hydrogen) atoms. The zero-order valence-electron chi connectivity index (χ0n) is 26.1. The number of hydrogen-bond donors (Lipinski definition) is 0. The number of ether oxygens (including phenoxy) is 2. The summed E-state index contributed by atoms with van der Waals surface area (Å²) in [6, 6.07) is 14.6. The van der Waals surface area contributed by atoms with Gasteiger partial charge in [0, 0.05) is 53.4 Å². The Morgan fingerprint density at radius 1 is 0.929 bits per heavy atom. The van der Waals surface area contributed by atoms with Crippen molar-refractivity contribution in [3.05, 3.63) is 94.4 Å². The van der Waals surface area contributed by atoms with E-state index in [1.165, 1.54) is 5.56 Å². The van der Waals surface area contributed by atoms with Gasteiger partial charge in [-0.25, -0.2) is 0 Å². The van der Waals surface area contributed by atoms with Crippen LogP contribution >= 0.6 is 0 Å². The highest BCUT2D eigenvalue weighted by atomic mass is 16.5. The maximum absolute atomic E-state index is 14.2. The van der Waals surface area contributed by atoms with E-state index in [-0.39, 0.29) is 22.4 Å². The van der Waals surface area contributed by atoms with Gasteiger partial charge in [-0.15, -0.1) is 6.58 Å². The monoisotopic (exact) mass is 567 g/mol. The number of methoxy groups -OCH3 is 1. The first-order valence-corrected chi connectivity index (χ1v) is 15.3. The van der Waals surface area contributed by atoms with Gasteiger partial charge in [-0.3, -0.25) is 9.59 Å². The van der Waals surface area contributed by atoms with Gasteiger partial charge in [0.05, 0.1) is 13.7 Å². The van der Waals surface area contributed by atoms with Gasteiger partial charge >= 0.3 is 0 Å². The molecule has 0 unspecified atom stereocenters. The number of carbonyl (C=O) groups is 2. The molecular weight excluding hydrogens is 522 g/mol. The van der Waals surface area contributed by atoms with E-state index >= 15 is 0 Å². The molecule has 0 saturated heterocycles. The van der Waals surface area contributed by atoms with Crippen LogP contribution in [0.5, 0.6) is 11.5 Å². The van der Waals surface area contributed by atoms with E-state index in [1.54, 1.807) is 7.11 Å². The molecule has 0 radical (unpaired) electrons. The van der Waals surface area contributed by atoms with Gasteiger partial charge in [-0.2, -0.15) is 0 Å². The van der Waals surface area contributed by atoms with Gasteiger partial charge < -0.3 is 14.4 Å². The fourth-order valence-corrected chi connectivity index (χ4v) is 7.19. The first kappa shape index (κ1) is 29.9. The summed E-state index contributed by atoms with van der Waals surface area (Å²) in [5.41, 5.74) is 6.51. The average molecular weight is 568 g/mol. The Labute approximate surface area is 251 Å². The van der Waals surface area contributed by atoms with Crippen molar-refractivity contribution in [1.82, 2.24) is 4.90 Å². The van der Waals surface area contributed by atoms with Crippen LogP contribution in [0.2, 0.25) is 0 Å². The van der Waals surface area contributed by atoms with Crippen LogP contribution in [-0.4, -0.2) is 36.7 Å². The Bertz CT molecular complexity index is 1410. The lowest BCUT2D eigenvalue weighted by Crippen LogP contribution is -2.45. The molecule has 0 spiro atoms. The Morgan fingerprint density at radius 2 is 1.52 bits per heavy atom. The summed E-state index contributed by atoms with van der Waals surface area (Å²) in [7, 11) is 1.65. The van der Waals surface area contributed by atoms with E-state index in [9.17, 15) is 9.59 Å². The molecule has 2 aromatic carbocycles. The third kappa shape index (κ3) is 5.71. The van der Waals surface area contributed by atoms with Crippen molar-refractivity contribution in [1.29, 1.82) is 0 Å². The largest absolute Gasteiger partial charge is 0.493 e. The molecule has 2 aliphatic carbocycles. The number of Topliss-reactive ketones (excluding diaryl/α,β-unsaturated/α-hetero) is 2. The maximum atomic E-state index is 14.2. The Kier molecular flexibility index (Phi) is 8.24. The highest BCUT2D eigenvalue weighted by Gasteiger charge is 2.49. The number of nitrogens with zero attached hydrogens (tertiary/aromatic N) is 1. The van der Waals surface area contributed by atoms with Crippen LogP contribution < -0.4 is 9.47 Å². The van der Waals surface area contributed by atoms with E-state index in [0.717, 1.165) is 59.5 Å². The Morgan fingerprint density at radius 3 is 2.05 bits per heavy atom. The molecule has 0 saturated carbocycles. The molecule has 1 heterocycles. The van der Waals surface area contributed by atoms with E-state index in [4.69, 9.17) is 9.47 Å². The van der Waals surface area contributed by atoms with Crippen molar-refractivity contribution in [3.8, 4) is 11.5 Å². The smallest absolute Gasteiger partial charge is 0.164 e. The molecule has 3 aliphatic rings. The molecule has 2 aromatic rings. The van der Waals surface area contributed by atoms with Gasteiger partial charge in [0.2, 0.25) is 0 Å². The van der Waals surface area contributed by atoms with Gasteiger partial charge in [-0.1, -0.05) is 70.2 Å². The number of hydrogen-bond acceptors (Lipinski definition) is 5. The van der Waals surface area contributed by atoms with Crippen molar-refractivity contribution >= 4 is 11.6 Å². The minimum absolute atomic E-state index is 0.138. The molecule has 5 heteroatoms. The summed E-state index contributed by atoms with van der Waals surface area (Å²) < 4.78 is 11.9. The molecule has 0 amide bonds. The van der Waals surface area contributed by atoms with Crippen LogP contribution in [0.15, 0.2) is 77.7 Å². The summed E-state index contributed by atoms with van der Waals surface area (Å²) in [4.78, 5) is 30.8. The molecule has 0 aromatic heterocycles. The fourth-order valence-electron chi connectivity index (χ4n) is 7.19. The predicted molar refractivity (Wildman–Crippen MR) is 168 cm³/mol. The number of allylic oxidation sites excluding steroid dienone is 5. The summed E-state index contributed by atoms with van der Waals surface area (Å²) in [5.74, 6) is 1.16. The third-order valence-electron chi connectivity index (χ3n) is 8.84. The Balaban J connectivity index is 1.75. The number of benzene rings is 2. The van der Waals surface area contributed by atoms with Crippen LogP contribution in [0.1, 0.15) is 82.9 Å². The SMILES string of the molecule is C=CCc1cc(C2C3=C(CC(C)(C)CC3=O)N(CCc3ccccc3)C3=C2C(=O)CC(C)(C)C3)cc(OCC)c1OC. The van der Waals surface area contributed by atoms with E-state index in [2.05, 4.69) is 69.5 Å². The fraction of sp³-hybridized carbons (Fsp3) is 0.459. The summed E-state index contributed by atoms with van der Waals surface area (Å²) in [6.07, 6.45) is 5.78. The number of ketones is 2. The van der Waals surface area contributed by atoms with Gasteiger partial charge in [0.1, 0.15) is 0 Å². The lowest BCUT2D eigenvalue weighted by atomic mass is 9.63. The molecule has 0 fully saturated rings. The van der Waals surface area contributed by atoms with Crippen molar-refractivity contribution in [2.45, 2.75) is 79.1 Å². The molecule has 5 rings (SSSR count). The predicted octanol–water partition coefficient (Wildman–Crippen LogP) is 7.75. The first-order chi connectivity index (χ1) is 20.0. The molecule has 0 bridgehead atoms. The van der Waals surface area contributed by atoms with E-state index in [1.807, 2.05) is 25.1 Å². The van der Waals surface area contributed by atoms with Gasteiger partial charge in [-0.05, 0) is 60.6 Å². The molecular formula is C37H45NO4. The zero-order chi connectivity index (χ0) is 30.2. The molecule has 0 N–H and O–H groups in total. The quantitative estimate of drug-likeness (QED) is 0.290. The highest BCUT2D eigenvalue weighted by Crippen LogP contribution is 2.55. The van der Waals surface area contributed by atoms with Crippen molar-refractivity contribution in [3.63, 3.8) is 0 Å². The molecule has 0 atom stereocenters. The van der Waals surface area contributed by atoms with Crippen LogP contribution in [-0.2, 0) is 22.4 Å². The summed E-state index contributed by atoms with van der Waals surface area (Å²) in [5, 5.41) is 0. The number of rotatable bonds is 9. The second-order valence-corrected chi connectivity index (χ2v) is 13.6. The molecule has 5 nitrogen and oxygen atoms in total. The topological polar surface area (TPSA) is 55.8 Å². The van der Waals surface area contributed by atoms with Gasteiger partial charge in [0.15, 0.2) is 23.1 Å². The van der Waals surface area contributed by atoms with E-state index in [0.29, 0.717) is 37.4 Å². The van der Waals surface area contributed by atoms with E-state index < -0.39 is 5.92 Å². The van der Waals surface area contributed by atoms with Crippen LogP contribution in [0, 0.1) is 10.8 Å². The van der Waals surface area contributed by atoms with Crippen molar-refractivity contribution in [2.24, 2.45) is 10.8 Å². The lowest BCUT2D eigenvalue weighted by molar-refractivity contribution is -0.119. The summed E-state index contributed by atoms with van der Waals surface area (Å²) >= 11 is 0. The molecule has 222 valence electrons. The maximum Gasteiger partial charge on any atom is 0.164 e.